The minimum absolute atomic E-state index is 0.0733. The summed E-state index contributed by atoms with van der Waals surface area (Å²) in [6.45, 7) is 0. The monoisotopic (exact) mass is 238 g/mol. The normalized spacial score (nSPS) is 10.1. The standard InChI is InChI=1S/C10H8ClFN4/c11-7-2-1-6(3-8(7)12)15-10-5-14-4-9(13)16-10/h1-5H,(H3,13,15,16). The van der Waals surface area contributed by atoms with Gasteiger partial charge in [-0.2, -0.15) is 0 Å². The highest BCUT2D eigenvalue weighted by molar-refractivity contribution is 6.30. The summed E-state index contributed by atoms with van der Waals surface area (Å²) < 4.78 is 13.1. The van der Waals surface area contributed by atoms with Gasteiger partial charge in [0.05, 0.1) is 17.4 Å². The van der Waals surface area contributed by atoms with Gasteiger partial charge in [-0.25, -0.2) is 9.37 Å². The van der Waals surface area contributed by atoms with Crippen molar-refractivity contribution >= 4 is 28.9 Å². The van der Waals surface area contributed by atoms with Gasteiger partial charge in [-0.05, 0) is 18.2 Å². The lowest BCUT2D eigenvalue weighted by molar-refractivity contribution is 0.629. The van der Waals surface area contributed by atoms with Gasteiger partial charge < -0.3 is 11.1 Å². The molecule has 2 aromatic rings. The Balaban J connectivity index is 2.24. The van der Waals surface area contributed by atoms with Crippen molar-refractivity contribution in [2.75, 3.05) is 11.1 Å². The van der Waals surface area contributed by atoms with Gasteiger partial charge in [0, 0.05) is 5.69 Å². The number of nitrogen functional groups attached to an aromatic ring is 1. The molecular weight excluding hydrogens is 231 g/mol. The fourth-order valence-electron chi connectivity index (χ4n) is 1.16. The largest absolute Gasteiger partial charge is 0.382 e. The number of hydrogen-bond acceptors (Lipinski definition) is 4. The number of hydrogen-bond donors (Lipinski definition) is 2. The lowest BCUT2D eigenvalue weighted by Gasteiger charge is -2.05. The van der Waals surface area contributed by atoms with E-state index in [0.29, 0.717) is 17.3 Å². The maximum atomic E-state index is 13.1. The first kappa shape index (κ1) is 10.6. The number of rotatable bonds is 2. The van der Waals surface area contributed by atoms with Crippen LogP contribution in [0.3, 0.4) is 0 Å². The molecule has 0 aliphatic carbocycles. The highest BCUT2D eigenvalue weighted by Crippen LogP contribution is 2.21. The van der Waals surface area contributed by atoms with Gasteiger partial charge in [0.25, 0.3) is 0 Å². The fraction of sp³-hybridized carbons (Fsp3) is 0. The average Bonchev–Trinajstić information content (AvgIpc) is 2.24. The van der Waals surface area contributed by atoms with Crippen molar-refractivity contribution in [1.29, 1.82) is 0 Å². The predicted molar refractivity (Wildman–Crippen MR) is 61.1 cm³/mol. The molecule has 0 aliphatic rings. The second-order valence-corrected chi connectivity index (χ2v) is 3.49. The molecule has 4 nitrogen and oxygen atoms in total. The maximum absolute atomic E-state index is 13.1. The molecule has 0 atom stereocenters. The molecule has 0 saturated carbocycles. The molecule has 0 spiro atoms. The molecule has 0 fully saturated rings. The van der Waals surface area contributed by atoms with Crippen molar-refractivity contribution in [2.24, 2.45) is 0 Å². The second kappa shape index (κ2) is 4.32. The van der Waals surface area contributed by atoms with E-state index in [-0.39, 0.29) is 5.02 Å². The molecule has 0 unspecified atom stereocenters. The third-order valence-corrected chi connectivity index (χ3v) is 2.15. The summed E-state index contributed by atoms with van der Waals surface area (Å²) in [5, 5.41) is 2.93. The van der Waals surface area contributed by atoms with E-state index in [0.717, 1.165) is 0 Å². The Morgan fingerprint density at radius 1 is 1.31 bits per heavy atom. The summed E-state index contributed by atoms with van der Waals surface area (Å²) in [5.74, 6) is 0.240. The van der Waals surface area contributed by atoms with Crippen LogP contribution in [0, 0.1) is 5.82 Å². The lowest BCUT2D eigenvalue weighted by Crippen LogP contribution is -1.98. The number of nitrogens with two attached hydrogens (primary N) is 1. The Bertz CT molecular complexity index is 518. The SMILES string of the molecule is Nc1cncc(Nc2ccc(Cl)c(F)c2)n1. The Morgan fingerprint density at radius 3 is 2.81 bits per heavy atom. The molecule has 0 aliphatic heterocycles. The molecule has 2 rings (SSSR count). The van der Waals surface area contributed by atoms with Crippen LogP contribution in [0.15, 0.2) is 30.6 Å². The van der Waals surface area contributed by atoms with Crippen molar-refractivity contribution < 1.29 is 4.39 Å². The zero-order chi connectivity index (χ0) is 11.5. The Kier molecular flexibility index (Phi) is 2.87. The summed E-state index contributed by atoms with van der Waals surface area (Å²) in [5.41, 5.74) is 5.99. The van der Waals surface area contributed by atoms with Crippen LogP contribution in [0.25, 0.3) is 0 Å². The molecule has 16 heavy (non-hydrogen) atoms. The second-order valence-electron chi connectivity index (χ2n) is 3.08. The van der Waals surface area contributed by atoms with Crippen LogP contribution in [0.4, 0.5) is 21.7 Å². The van der Waals surface area contributed by atoms with Crippen LogP contribution >= 0.6 is 11.6 Å². The summed E-state index contributed by atoms with van der Waals surface area (Å²) in [6.07, 6.45) is 2.91. The number of nitrogens with one attached hydrogen (secondary N) is 1. The minimum atomic E-state index is -0.497. The number of benzene rings is 1. The predicted octanol–water partition coefficient (Wildman–Crippen LogP) is 2.59. The van der Waals surface area contributed by atoms with E-state index in [9.17, 15) is 4.39 Å². The number of halogens is 2. The van der Waals surface area contributed by atoms with E-state index in [1.54, 1.807) is 6.07 Å². The summed E-state index contributed by atoms with van der Waals surface area (Å²) in [4.78, 5) is 7.82. The molecule has 0 bridgehead atoms. The number of nitrogens with zero attached hydrogens (tertiary/aromatic N) is 2. The smallest absolute Gasteiger partial charge is 0.151 e. The zero-order valence-electron chi connectivity index (χ0n) is 8.11. The topological polar surface area (TPSA) is 63.8 Å². The third-order valence-electron chi connectivity index (χ3n) is 1.85. The Morgan fingerprint density at radius 2 is 2.12 bits per heavy atom. The molecule has 6 heteroatoms. The number of anilines is 3. The van der Waals surface area contributed by atoms with Gasteiger partial charge in [-0.15, -0.1) is 0 Å². The number of aromatic nitrogens is 2. The van der Waals surface area contributed by atoms with Crippen LogP contribution in [-0.2, 0) is 0 Å². The van der Waals surface area contributed by atoms with E-state index in [1.165, 1.54) is 24.5 Å². The molecule has 0 amide bonds. The zero-order valence-corrected chi connectivity index (χ0v) is 8.87. The molecule has 1 aromatic heterocycles. The van der Waals surface area contributed by atoms with Crippen LogP contribution in [0.1, 0.15) is 0 Å². The first-order chi connectivity index (χ1) is 7.65. The van der Waals surface area contributed by atoms with E-state index in [1.807, 2.05) is 0 Å². The van der Waals surface area contributed by atoms with Crippen LogP contribution in [-0.4, -0.2) is 9.97 Å². The summed E-state index contributed by atoms with van der Waals surface area (Å²) in [7, 11) is 0. The molecule has 82 valence electrons. The van der Waals surface area contributed by atoms with Gasteiger partial charge >= 0.3 is 0 Å². The van der Waals surface area contributed by atoms with Gasteiger partial charge in [0.15, 0.2) is 5.82 Å². The summed E-state index contributed by atoms with van der Waals surface area (Å²) >= 11 is 5.56. The van der Waals surface area contributed by atoms with Crippen molar-refractivity contribution in [3.05, 3.63) is 41.4 Å². The van der Waals surface area contributed by atoms with Gasteiger partial charge in [-0.3, -0.25) is 4.98 Å². The molecule has 0 radical (unpaired) electrons. The molecule has 1 aromatic carbocycles. The highest BCUT2D eigenvalue weighted by Gasteiger charge is 2.02. The van der Waals surface area contributed by atoms with Crippen molar-refractivity contribution in [3.8, 4) is 0 Å². The van der Waals surface area contributed by atoms with Gasteiger partial charge in [0.2, 0.25) is 0 Å². The van der Waals surface area contributed by atoms with Crippen molar-refractivity contribution in [1.82, 2.24) is 9.97 Å². The van der Waals surface area contributed by atoms with E-state index in [4.69, 9.17) is 17.3 Å². The molecular formula is C10H8ClFN4. The molecule has 0 saturated heterocycles. The first-order valence-corrected chi connectivity index (χ1v) is 4.82. The van der Waals surface area contributed by atoms with Crippen LogP contribution < -0.4 is 11.1 Å². The average molecular weight is 239 g/mol. The van der Waals surface area contributed by atoms with Crippen LogP contribution in [0.2, 0.25) is 5.02 Å². The quantitative estimate of drug-likeness (QED) is 0.844. The molecule has 3 N–H and O–H groups in total. The van der Waals surface area contributed by atoms with E-state index >= 15 is 0 Å². The maximum Gasteiger partial charge on any atom is 0.151 e. The first-order valence-electron chi connectivity index (χ1n) is 4.45. The highest BCUT2D eigenvalue weighted by atomic mass is 35.5. The van der Waals surface area contributed by atoms with E-state index in [2.05, 4.69) is 15.3 Å². The minimum Gasteiger partial charge on any atom is -0.382 e. The Hall–Kier alpha value is -1.88. The van der Waals surface area contributed by atoms with Crippen molar-refractivity contribution in [2.45, 2.75) is 0 Å². The van der Waals surface area contributed by atoms with Crippen molar-refractivity contribution in [3.63, 3.8) is 0 Å². The van der Waals surface area contributed by atoms with Crippen LogP contribution in [0.5, 0.6) is 0 Å². The third kappa shape index (κ3) is 2.38. The van der Waals surface area contributed by atoms with E-state index < -0.39 is 5.82 Å². The lowest BCUT2D eigenvalue weighted by atomic mass is 10.3. The summed E-state index contributed by atoms with van der Waals surface area (Å²) in [6, 6.07) is 4.36. The van der Waals surface area contributed by atoms with Gasteiger partial charge in [0.1, 0.15) is 11.6 Å². The Labute approximate surface area is 96.3 Å². The fourth-order valence-corrected chi connectivity index (χ4v) is 1.28. The van der Waals surface area contributed by atoms with Gasteiger partial charge in [-0.1, -0.05) is 11.6 Å². The molecule has 1 heterocycles.